The molecule has 0 fully saturated rings. The van der Waals surface area contributed by atoms with Gasteiger partial charge in [-0.05, 0) is 45.9 Å². The van der Waals surface area contributed by atoms with Gasteiger partial charge in [0.15, 0.2) is 11.4 Å². The number of hydrogen-bond donors (Lipinski definition) is 1. The highest BCUT2D eigenvalue weighted by molar-refractivity contribution is 7.97. The first-order chi connectivity index (χ1) is 15.9. The number of para-hydroxylation sites is 1. The minimum Gasteiger partial charge on any atom is -0.354 e. The van der Waals surface area contributed by atoms with Gasteiger partial charge in [-0.3, -0.25) is 4.79 Å². The number of likely N-dealkylation sites (N-methyl/N-ethyl adjacent to an activating group) is 2. The van der Waals surface area contributed by atoms with Crippen molar-refractivity contribution in [2.75, 3.05) is 44.4 Å². The van der Waals surface area contributed by atoms with Crippen LogP contribution >= 0.6 is 11.9 Å². The van der Waals surface area contributed by atoms with Gasteiger partial charge < -0.3 is 19.0 Å². The second kappa shape index (κ2) is 22.9. The highest BCUT2D eigenvalue weighted by atomic mass is 32.2. The summed E-state index contributed by atoms with van der Waals surface area (Å²) in [4.78, 5) is 13.9. The van der Waals surface area contributed by atoms with Crippen molar-refractivity contribution in [1.29, 1.82) is 0 Å². The Bertz CT molecular complexity index is 750. The van der Waals surface area contributed by atoms with Crippen molar-refractivity contribution in [2.24, 2.45) is 5.92 Å². The van der Waals surface area contributed by atoms with Gasteiger partial charge in [0, 0.05) is 32.4 Å². The first kappa shape index (κ1) is 32.9. The summed E-state index contributed by atoms with van der Waals surface area (Å²) < 4.78 is 7.75. The summed E-state index contributed by atoms with van der Waals surface area (Å²) >= 11 is 1.28. The number of amides is 1. The fourth-order valence-corrected chi connectivity index (χ4v) is 2.89. The molecule has 7 heteroatoms. The van der Waals surface area contributed by atoms with Crippen molar-refractivity contribution >= 4 is 35.1 Å². The highest BCUT2D eigenvalue weighted by Gasteiger charge is 2.14. The summed E-state index contributed by atoms with van der Waals surface area (Å²) in [6, 6.07) is 8.04. The predicted molar refractivity (Wildman–Crippen MR) is 148 cm³/mol. The number of fused-ring (bicyclic) bond motifs is 1. The van der Waals surface area contributed by atoms with E-state index in [1.807, 2.05) is 70.2 Å². The van der Waals surface area contributed by atoms with Crippen LogP contribution in [0.25, 0.3) is 11.0 Å². The van der Waals surface area contributed by atoms with E-state index in [-0.39, 0.29) is 0 Å². The van der Waals surface area contributed by atoms with Crippen molar-refractivity contribution in [2.45, 2.75) is 48.5 Å². The van der Waals surface area contributed by atoms with Gasteiger partial charge in [0.05, 0.1) is 5.39 Å². The third-order valence-corrected chi connectivity index (χ3v) is 4.46. The zero-order valence-electron chi connectivity index (χ0n) is 22.2. The molecule has 6 nitrogen and oxygen atoms in total. The minimum absolute atomic E-state index is 0.644. The number of benzene rings is 1. The number of anilines is 1. The maximum Gasteiger partial charge on any atom is 0.216 e. The van der Waals surface area contributed by atoms with Gasteiger partial charge in [0.2, 0.25) is 6.41 Å². The molecule has 0 bridgehead atoms. The number of carbonyl (C=O) groups excluding carboxylic acids is 1. The van der Waals surface area contributed by atoms with Gasteiger partial charge in [-0.1, -0.05) is 81.2 Å². The monoisotopic (exact) mass is 478 g/mol. The molecule has 1 aromatic heterocycles. The molecule has 1 N–H and O–H groups in total. The van der Waals surface area contributed by atoms with Gasteiger partial charge >= 0.3 is 0 Å². The smallest absolute Gasteiger partial charge is 0.216 e. The predicted octanol–water partition coefficient (Wildman–Crippen LogP) is 6.42. The van der Waals surface area contributed by atoms with Crippen molar-refractivity contribution in [3.8, 4) is 0 Å². The molecule has 0 aliphatic rings. The summed E-state index contributed by atoms with van der Waals surface area (Å²) in [5, 5.41) is 5.34. The van der Waals surface area contributed by atoms with E-state index in [1.165, 1.54) is 11.9 Å². The van der Waals surface area contributed by atoms with E-state index in [2.05, 4.69) is 53.6 Å². The van der Waals surface area contributed by atoms with Crippen LogP contribution in [0.3, 0.4) is 0 Å². The second-order valence-electron chi connectivity index (χ2n) is 7.23. The van der Waals surface area contributed by atoms with Gasteiger partial charge in [0.1, 0.15) is 0 Å². The van der Waals surface area contributed by atoms with Crippen molar-refractivity contribution in [1.82, 2.24) is 14.8 Å². The van der Waals surface area contributed by atoms with Crippen LogP contribution < -0.4 is 9.62 Å². The summed E-state index contributed by atoms with van der Waals surface area (Å²) in [6.07, 6.45) is 10.4. The number of carbonyl (C=O) groups is 1. The number of nitrogens with zero attached hydrogens (tertiary/aromatic N) is 3. The SMILES string of the molecule is C/C=C\C=C/C.CC.CCN(CCN(C)CC(C)C)c1noc2ccccc12.CSNC=O. The molecule has 33 heavy (non-hydrogen) atoms. The minimum atomic E-state index is 0.644. The normalized spacial score (nSPS) is 10.4. The van der Waals surface area contributed by atoms with E-state index in [9.17, 15) is 4.79 Å². The fraction of sp³-hybridized carbons (Fsp3) is 0.538. The van der Waals surface area contributed by atoms with Gasteiger partial charge in [-0.25, -0.2) is 0 Å². The second-order valence-corrected chi connectivity index (χ2v) is 7.87. The molecule has 1 heterocycles. The molecule has 1 amide bonds. The van der Waals surface area contributed by atoms with E-state index < -0.39 is 0 Å². The molecule has 0 radical (unpaired) electrons. The van der Waals surface area contributed by atoms with Gasteiger partial charge in [-0.2, -0.15) is 0 Å². The molecular formula is C26H46N4O2S. The molecule has 1 aromatic carbocycles. The molecule has 0 saturated heterocycles. The summed E-state index contributed by atoms with van der Waals surface area (Å²) in [5.41, 5.74) is 0.858. The molecule has 0 atom stereocenters. The summed E-state index contributed by atoms with van der Waals surface area (Å²) in [7, 11) is 2.18. The molecule has 2 rings (SSSR count). The van der Waals surface area contributed by atoms with Crippen LogP contribution in [0.4, 0.5) is 5.82 Å². The van der Waals surface area contributed by atoms with Gasteiger partial charge in [0.25, 0.3) is 0 Å². The highest BCUT2D eigenvalue weighted by Crippen LogP contribution is 2.25. The Morgan fingerprint density at radius 1 is 1.12 bits per heavy atom. The number of aromatic nitrogens is 1. The molecule has 0 saturated carbocycles. The van der Waals surface area contributed by atoms with Crippen molar-refractivity contribution in [3.05, 3.63) is 48.6 Å². The third-order valence-electron chi connectivity index (χ3n) is 4.13. The Kier molecular flexibility index (Phi) is 22.9. The van der Waals surface area contributed by atoms with Crippen LogP contribution in [0.1, 0.15) is 48.5 Å². The molecule has 0 aliphatic carbocycles. The molecular weight excluding hydrogens is 432 g/mol. The van der Waals surface area contributed by atoms with E-state index >= 15 is 0 Å². The Balaban J connectivity index is 0. The molecule has 0 unspecified atom stereocenters. The zero-order valence-corrected chi connectivity index (χ0v) is 23.0. The van der Waals surface area contributed by atoms with Crippen LogP contribution in [0.5, 0.6) is 0 Å². The topological polar surface area (TPSA) is 61.6 Å². The lowest BCUT2D eigenvalue weighted by Gasteiger charge is -2.25. The Morgan fingerprint density at radius 3 is 2.18 bits per heavy atom. The summed E-state index contributed by atoms with van der Waals surface area (Å²) in [6.45, 7) is 18.7. The van der Waals surface area contributed by atoms with Crippen molar-refractivity contribution < 1.29 is 9.32 Å². The lowest BCUT2D eigenvalue weighted by Crippen LogP contribution is -2.35. The number of hydrogen-bond acceptors (Lipinski definition) is 6. The fourth-order valence-electron chi connectivity index (χ4n) is 2.79. The van der Waals surface area contributed by atoms with E-state index in [1.54, 1.807) is 6.26 Å². The standard InChI is InChI=1S/C16H25N3O.C6H10.C2H5NOS.C2H6/c1-5-19(11-10-18(4)12-13(2)3)16-14-8-6-7-9-15(14)20-17-16;1-3-5-6-4-2;1-5-3-2-4;1-2/h6-9,13H,5,10-12H2,1-4H3;3-6H,1-2H3;2H,1H3,(H,3,4);1-2H3/b;5-3-,6-4-;;. The summed E-state index contributed by atoms with van der Waals surface area (Å²) in [5.74, 6) is 1.66. The lowest BCUT2D eigenvalue weighted by atomic mass is 10.2. The van der Waals surface area contributed by atoms with E-state index in [4.69, 9.17) is 4.52 Å². The average molecular weight is 479 g/mol. The quantitative estimate of drug-likeness (QED) is 0.242. The van der Waals surface area contributed by atoms with Crippen LogP contribution in [-0.2, 0) is 4.79 Å². The molecule has 0 spiro atoms. The average Bonchev–Trinajstić information content (AvgIpc) is 3.24. The first-order valence-corrected chi connectivity index (χ1v) is 12.9. The first-order valence-electron chi connectivity index (χ1n) is 11.7. The van der Waals surface area contributed by atoms with E-state index in [0.29, 0.717) is 12.3 Å². The van der Waals surface area contributed by atoms with Crippen LogP contribution in [0.2, 0.25) is 0 Å². The maximum atomic E-state index is 9.27. The third kappa shape index (κ3) is 16.1. The Morgan fingerprint density at radius 2 is 1.73 bits per heavy atom. The molecule has 188 valence electrons. The van der Waals surface area contributed by atoms with Gasteiger partial charge in [-0.15, -0.1) is 0 Å². The van der Waals surface area contributed by atoms with Crippen LogP contribution in [-0.4, -0.2) is 55.9 Å². The maximum absolute atomic E-state index is 9.27. The largest absolute Gasteiger partial charge is 0.354 e. The zero-order chi connectivity index (χ0) is 25.5. The van der Waals surface area contributed by atoms with E-state index in [0.717, 1.165) is 43.0 Å². The Labute approximate surface area is 206 Å². The van der Waals surface area contributed by atoms with Crippen molar-refractivity contribution in [3.63, 3.8) is 0 Å². The van der Waals surface area contributed by atoms with Crippen LogP contribution in [0.15, 0.2) is 53.1 Å². The number of allylic oxidation sites excluding steroid dienone is 4. The lowest BCUT2D eigenvalue weighted by molar-refractivity contribution is -0.107. The van der Waals surface area contributed by atoms with Crippen LogP contribution in [0, 0.1) is 5.92 Å². The number of rotatable bonds is 10. The molecule has 0 aliphatic heterocycles. The molecule has 2 aromatic rings. The Hall–Kier alpha value is -2.25. The number of nitrogens with one attached hydrogen (secondary N) is 1.